The van der Waals surface area contributed by atoms with Crippen LogP contribution in [0.4, 0.5) is 0 Å². The van der Waals surface area contributed by atoms with Gasteiger partial charge in [-0.15, -0.1) is 0 Å². The summed E-state index contributed by atoms with van der Waals surface area (Å²) in [7, 11) is 13.2. The van der Waals surface area contributed by atoms with E-state index in [2.05, 4.69) is 0 Å². The van der Waals surface area contributed by atoms with Gasteiger partial charge < -0.3 is 0 Å². The molecule has 0 aliphatic rings. The van der Waals surface area contributed by atoms with E-state index in [1.807, 2.05) is 13.8 Å². The average molecular weight is 217 g/mol. The zero-order valence-corrected chi connectivity index (χ0v) is 8.24. The molecular weight excluding hydrogens is 208 g/mol. The van der Waals surface area contributed by atoms with Crippen molar-refractivity contribution in [3.63, 3.8) is 0 Å². The van der Waals surface area contributed by atoms with E-state index >= 15 is 0 Å². The summed E-state index contributed by atoms with van der Waals surface area (Å²) in [6.45, 7) is 3.62. The second kappa shape index (κ2) is 2.20. The summed E-state index contributed by atoms with van der Waals surface area (Å²) in [6.07, 6.45) is 0. The molecule has 5 heteroatoms. The van der Waals surface area contributed by atoms with E-state index < -0.39 is 9.46 Å². The van der Waals surface area contributed by atoms with Crippen LogP contribution in [0.5, 0.6) is 0 Å². The SMILES string of the molecule is C[CH](C)[Cr]([NH2])([Cl])([Cl])[Cl]. The molecule has 53 valence electrons. The quantitative estimate of drug-likeness (QED) is 0.718. The topological polar surface area (TPSA) is 26.0 Å². The molecule has 0 aliphatic heterocycles. The van der Waals surface area contributed by atoms with E-state index in [1.54, 1.807) is 0 Å². The second-order valence-corrected chi connectivity index (χ2v) is 16.2. The van der Waals surface area contributed by atoms with Crippen molar-refractivity contribution in [3.05, 3.63) is 0 Å². The summed E-state index contributed by atoms with van der Waals surface area (Å²) < 4.78 is 5.37. The Bertz CT molecular complexity index is 85.2. The fourth-order valence-electron chi connectivity index (χ4n) is 0. The van der Waals surface area contributed by atoms with Gasteiger partial charge in [0.1, 0.15) is 0 Å². The van der Waals surface area contributed by atoms with Crippen LogP contribution < -0.4 is 4.72 Å². The van der Waals surface area contributed by atoms with Crippen molar-refractivity contribution in [3.8, 4) is 0 Å². The van der Waals surface area contributed by atoms with E-state index in [4.69, 9.17) is 34.9 Å². The van der Waals surface area contributed by atoms with E-state index in [1.165, 1.54) is 0 Å². The first kappa shape index (κ1) is 9.36. The van der Waals surface area contributed by atoms with Gasteiger partial charge in [-0.05, 0) is 0 Å². The molecule has 0 aromatic carbocycles. The van der Waals surface area contributed by atoms with Crippen LogP contribution in [-0.2, 0) is 9.46 Å². The third kappa shape index (κ3) is 3.40. The number of nitrogens with two attached hydrogens (primary N) is 1. The molecule has 0 radical (unpaired) electrons. The molecule has 0 aliphatic carbocycles. The first-order chi connectivity index (χ1) is 3.20. The molecule has 0 rings (SSSR count). The average Bonchev–Trinajstić information content (AvgIpc) is 1.27. The maximum atomic E-state index is 5.60. The summed E-state index contributed by atoms with van der Waals surface area (Å²) >= 11 is 0. The van der Waals surface area contributed by atoms with E-state index in [-0.39, 0.29) is 4.78 Å². The molecule has 0 aromatic rings. The Morgan fingerprint density at radius 3 is 1.38 bits per heavy atom. The van der Waals surface area contributed by atoms with Crippen molar-refractivity contribution in [1.29, 1.82) is 0 Å². The van der Waals surface area contributed by atoms with Crippen LogP contribution in [0.25, 0.3) is 0 Å². The van der Waals surface area contributed by atoms with Crippen LogP contribution in [0.3, 0.4) is 0 Å². The zero-order chi connectivity index (χ0) is 7.02. The van der Waals surface area contributed by atoms with Crippen LogP contribution in [-0.4, -0.2) is 0 Å². The van der Waals surface area contributed by atoms with Gasteiger partial charge in [-0.3, -0.25) is 0 Å². The van der Waals surface area contributed by atoms with E-state index in [0.29, 0.717) is 0 Å². The second-order valence-electron chi connectivity index (χ2n) is 1.89. The van der Waals surface area contributed by atoms with Gasteiger partial charge in [-0.25, -0.2) is 0 Å². The number of hydrogen-bond donors (Lipinski definition) is 1. The van der Waals surface area contributed by atoms with Gasteiger partial charge in [0.25, 0.3) is 0 Å². The van der Waals surface area contributed by atoms with Gasteiger partial charge in [-0.1, -0.05) is 0 Å². The Morgan fingerprint density at radius 2 is 1.38 bits per heavy atom. The Balaban J connectivity index is 4.14. The minimum atomic E-state index is -3.62. The summed E-state index contributed by atoms with van der Waals surface area (Å²) in [6, 6.07) is 0. The first-order valence-electron chi connectivity index (χ1n) is 2.09. The van der Waals surface area contributed by atoms with Gasteiger partial charge >= 0.3 is 63.0 Å². The molecule has 0 heterocycles. The molecule has 0 spiro atoms. The fraction of sp³-hybridized carbons (Fsp3) is 1.00. The van der Waals surface area contributed by atoms with Gasteiger partial charge in [0.2, 0.25) is 0 Å². The molecule has 8 heavy (non-hydrogen) atoms. The summed E-state index contributed by atoms with van der Waals surface area (Å²) in [5, 5.41) is 0. The van der Waals surface area contributed by atoms with E-state index in [0.717, 1.165) is 0 Å². The van der Waals surface area contributed by atoms with Crippen molar-refractivity contribution in [2.45, 2.75) is 18.6 Å². The molecule has 0 bridgehead atoms. The molecule has 2 N–H and O–H groups in total. The molecule has 1 nitrogen and oxygen atoms in total. The van der Waals surface area contributed by atoms with Crippen LogP contribution in [0.15, 0.2) is 0 Å². The summed E-state index contributed by atoms with van der Waals surface area (Å²) in [5.74, 6) is 0. The third-order valence-corrected chi connectivity index (χ3v) is 7.73. The molecule has 0 amide bonds. The monoisotopic (exact) mass is 216 g/mol. The van der Waals surface area contributed by atoms with E-state index in [9.17, 15) is 0 Å². The van der Waals surface area contributed by atoms with Crippen LogP contribution in [0.1, 0.15) is 13.8 Å². The first-order valence-corrected chi connectivity index (χ1v) is 8.82. The number of hydrogen-bond acceptors (Lipinski definition) is 1. The summed E-state index contributed by atoms with van der Waals surface area (Å²) in [4.78, 5) is 0. The third-order valence-electron chi connectivity index (χ3n) is 0.807. The zero-order valence-electron chi connectivity index (χ0n) is 4.70. The molecule has 0 saturated carbocycles. The van der Waals surface area contributed by atoms with Crippen molar-refractivity contribution in [2.75, 3.05) is 0 Å². The van der Waals surface area contributed by atoms with Gasteiger partial charge in [-0.2, -0.15) is 0 Å². The molecular formula is C3H9Cl3CrN. The Morgan fingerprint density at radius 1 is 1.25 bits per heavy atom. The minimum absolute atomic E-state index is 0.0139. The molecule has 0 saturated heterocycles. The van der Waals surface area contributed by atoms with Crippen molar-refractivity contribution < 1.29 is 9.46 Å². The Labute approximate surface area is 62.9 Å². The van der Waals surface area contributed by atoms with Crippen LogP contribution >= 0.6 is 30.1 Å². The Hall–Kier alpha value is 1.36. The molecule has 0 aromatic heterocycles. The van der Waals surface area contributed by atoms with Crippen molar-refractivity contribution >= 4 is 30.1 Å². The number of rotatable bonds is 1. The normalized spacial score (nSPS) is 18.1. The molecule has 0 atom stereocenters. The Kier molecular flexibility index (Phi) is 2.57. The fourth-order valence-corrected chi connectivity index (χ4v) is 0. The van der Waals surface area contributed by atoms with Crippen LogP contribution in [0, 0.1) is 0 Å². The summed E-state index contributed by atoms with van der Waals surface area (Å²) in [5.41, 5.74) is 0. The predicted octanol–water partition coefficient (Wildman–Crippen LogP) is 2.84. The van der Waals surface area contributed by atoms with Gasteiger partial charge in [0.15, 0.2) is 0 Å². The van der Waals surface area contributed by atoms with Crippen molar-refractivity contribution in [2.24, 2.45) is 4.72 Å². The molecule has 0 unspecified atom stereocenters. The maximum absolute atomic E-state index is 5.60. The number of halogens is 3. The standard InChI is InChI=1S/C3H7.3ClH.Cr.H2N/c1-3-2;;;;;/h3H,1-2H3;3*1H;;1H2/q;;;;+4;-1/p-3. The van der Waals surface area contributed by atoms with Crippen LogP contribution in [0.2, 0.25) is 4.78 Å². The van der Waals surface area contributed by atoms with Crippen molar-refractivity contribution in [1.82, 2.24) is 0 Å². The van der Waals surface area contributed by atoms with Gasteiger partial charge in [0, 0.05) is 0 Å². The van der Waals surface area contributed by atoms with Gasteiger partial charge in [0.05, 0.1) is 0 Å². The molecule has 0 fully saturated rings. The predicted molar refractivity (Wildman–Crippen MR) is 36.8 cm³/mol.